The molecule has 2 aromatic rings. The summed E-state index contributed by atoms with van der Waals surface area (Å²) in [5, 5.41) is 12.8. The summed E-state index contributed by atoms with van der Waals surface area (Å²) in [5.74, 6) is -1.49. The number of benzene rings is 1. The molecule has 0 aliphatic heterocycles. The van der Waals surface area contributed by atoms with Gasteiger partial charge in [0.1, 0.15) is 5.82 Å². The van der Waals surface area contributed by atoms with E-state index in [-0.39, 0.29) is 11.5 Å². The molecular formula is C12H10BrFN2O2. The number of halogens is 2. The first-order valence-electron chi connectivity index (χ1n) is 5.13. The first-order chi connectivity index (χ1) is 8.40. The Hall–Kier alpha value is -1.69. The third-order valence-electron chi connectivity index (χ3n) is 2.68. The van der Waals surface area contributed by atoms with Crippen molar-refractivity contribution in [3.05, 3.63) is 39.7 Å². The van der Waals surface area contributed by atoms with E-state index in [9.17, 15) is 9.18 Å². The van der Waals surface area contributed by atoms with Crippen LogP contribution in [-0.2, 0) is 7.05 Å². The quantitative estimate of drug-likeness (QED) is 0.927. The number of rotatable bonds is 2. The smallest absolute Gasteiger partial charge is 0.356 e. The zero-order valence-electron chi connectivity index (χ0n) is 9.74. The van der Waals surface area contributed by atoms with Gasteiger partial charge in [0, 0.05) is 17.1 Å². The molecule has 0 aliphatic carbocycles. The highest BCUT2D eigenvalue weighted by Gasteiger charge is 2.16. The van der Waals surface area contributed by atoms with Crippen LogP contribution in [0, 0.1) is 12.7 Å². The Bertz CT molecular complexity index is 637. The maximum Gasteiger partial charge on any atom is 0.356 e. The highest BCUT2D eigenvalue weighted by Crippen LogP contribution is 2.30. The number of aromatic carboxylic acids is 1. The molecule has 1 heterocycles. The van der Waals surface area contributed by atoms with Crippen molar-refractivity contribution in [2.75, 3.05) is 0 Å². The second-order valence-electron chi connectivity index (χ2n) is 3.90. The van der Waals surface area contributed by atoms with E-state index in [0.29, 0.717) is 15.7 Å². The topological polar surface area (TPSA) is 55.1 Å². The summed E-state index contributed by atoms with van der Waals surface area (Å²) in [5.41, 5.74) is 1.94. The number of carboxylic acid groups (broad SMARTS) is 1. The second kappa shape index (κ2) is 4.53. The van der Waals surface area contributed by atoms with Crippen molar-refractivity contribution in [2.45, 2.75) is 6.92 Å². The number of aryl methyl sites for hydroxylation is 1. The van der Waals surface area contributed by atoms with Gasteiger partial charge >= 0.3 is 5.97 Å². The van der Waals surface area contributed by atoms with Gasteiger partial charge in [0.2, 0.25) is 0 Å². The molecule has 0 unspecified atom stereocenters. The zero-order valence-corrected chi connectivity index (χ0v) is 11.3. The number of hydrogen-bond donors (Lipinski definition) is 1. The van der Waals surface area contributed by atoms with Gasteiger partial charge in [-0.05, 0) is 30.7 Å². The van der Waals surface area contributed by atoms with Crippen LogP contribution in [0.25, 0.3) is 11.3 Å². The molecule has 0 fully saturated rings. The predicted molar refractivity (Wildman–Crippen MR) is 68.0 cm³/mol. The van der Waals surface area contributed by atoms with E-state index in [0.717, 1.165) is 5.56 Å². The zero-order chi connectivity index (χ0) is 13.4. The minimum absolute atomic E-state index is 0.0627. The van der Waals surface area contributed by atoms with Gasteiger partial charge in [-0.3, -0.25) is 4.68 Å². The van der Waals surface area contributed by atoms with E-state index < -0.39 is 5.97 Å². The molecule has 1 N–H and O–H groups in total. The van der Waals surface area contributed by atoms with Crippen molar-refractivity contribution < 1.29 is 14.3 Å². The molecule has 0 aliphatic rings. The van der Waals surface area contributed by atoms with Crippen LogP contribution in [0.2, 0.25) is 0 Å². The van der Waals surface area contributed by atoms with Gasteiger partial charge in [0.05, 0.1) is 5.69 Å². The van der Waals surface area contributed by atoms with Crippen LogP contribution in [0.15, 0.2) is 22.7 Å². The van der Waals surface area contributed by atoms with E-state index in [4.69, 9.17) is 5.11 Å². The van der Waals surface area contributed by atoms with Crippen LogP contribution in [0.4, 0.5) is 4.39 Å². The lowest BCUT2D eigenvalue weighted by molar-refractivity contribution is 0.0689. The van der Waals surface area contributed by atoms with E-state index in [1.165, 1.54) is 22.9 Å². The minimum atomic E-state index is -1.11. The molecule has 1 aromatic heterocycles. The number of nitrogens with zero attached hydrogens (tertiary/aromatic N) is 2. The van der Waals surface area contributed by atoms with Gasteiger partial charge in [0.15, 0.2) is 5.69 Å². The summed E-state index contributed by atoms with van der Waals surface area (Å²) in [4.78, 5) is 10.9. The van der Waals surface area contributed by atoms with E-state index in [2.05, 4.69) is 21.0 Å². The van der Waals surface area contributed by atoms with Gasteiger partial charge in [-0.1, -0.05) is 15.9 Å². The average Bonchev–Trinajstić information content (AvgIpc) is 2.66. The molecule has 0 bridgehead atoms. The van der Waals surface area contributed by atoms with E-state index in [1.807, 2.05) is 6.92 Å². The SMILES string of the molecule is Cc1c(Br)cc(F)cc1-c1cc(C(=O)O)nn1C. The summed E-state index contributed by atoms with van der Waals surface area (Å²) in [6.45, 7) is 1.83. The monoisotopic (exact) mass is 312 g/mol. The summed E-state index contributed by atoms with van der Waals surface area (Å²) in [7, 11) is 1.63. The average molecular weight is 313 g/mol. The number of aromatic nitrogens is 2. The third kappa shape index (κ3) is 2.15. The molecule has 0 spiro atoms. The lowest BCUT2D eigenvalue weighted by atomic mass is 10.1. The Kier molecular flexibility index (Phi) is 3.21. The Labute approximate surface area is 111 Å². The largest absolute Gasteiger partial charge is 0.476 e. The molecule has 2 rings (SSSR count). The van der Waals surface area contributed by atoms with Gasteiger partial charge in [0.25, 0.3) is 0 Å². The molecule has 0 saturated carbocycles. The Balaban J connectivity index is 2.65. The molecular weight excluding hydrogens is 303 g/mol. The number of carbonyl (C=O) groups is 1. The standard InChI is InChI=1S/C12H10BrFN2O2/c1-6-8(3-7(14)4-9(6)13)11-5-10(12(17)18)15-16(11)2/h3-5H,1-2H3,(H,17,18). The number of hydrogen-bond acceptors (Lipinski definition) is 2. The highest BCUT2D eigenvalue weighted by atomic mass is 79.9. The summed E-state index contributed by atoms with van der Waals surface area (Å²) >= 11 is 3.27. The first-order valence-corrected chi connectivity index (χ1v) is 5.93. The molecule has 1 aromatic carbocycles. The van der Waals surface area contributed by atoms with Crippen LogP contribution in [0.1, 0.15) is 16.1 Å². The summed E-state index contributed by atoms with van der Waals surface area (Å²) < 4.78 is 15.5. The van der Waals surface area contributed by atoms with Crippen molar-refractivity contribution in [2.24, 2.45) is 7.05 Å². The fourth-order valence-electron chi connectivity index (χ4n) is 1.74. The van der Waals surface area contributed by atoms with Crippen LogP contribution < -0.4 is 0 Å². The fourth-order valence-corrected chi connectivity index (χ4v) is 2.17. The Morgan fingerprint density at radius 3 is 2.67 bits per heavy atom. The van der Waals surface area contributed by atoms with Crippen molar-refractivity contribution in [3.63, 3.8) is 0 Å². The highest BCUT2D eigenvalue weighted by molar-refractivity contribution is 9.10. The van der Waals surface area contributed by atoms with E-state index in [1.54, 1.807) is 7.05 Å². The van der Waals surface area contributed by atoms with Crippen molar-refractivity contribution in [1.82, 2.24) is 9.78 Å². The van der Waals surface area contributed by atoms with Crippen molar-refractivity contribution in [1.29, 1.82) is 0 Å². The molecule has 0 saturated heterocycles. The van der Waals surface area contributed by atoms with Gasteiger partial charge in [-0.25, -0.2) is 9.18 Å². The number of carboxylic acids is 1. The molecule has 0 amide bonds. The molecule has 94 valence electrons. The molecule has 18 heavy (non-hydrogen) atoms. The molecule has 0 radical (unpaired) electrons. The lowest BCUT2D eigenvalue weighted by Crippen LogP contribution is -1.99. The van der Waals surface area contributed by atoms with Crippen LogP contribution >= 0.6 is 15.9 Å². The maximum absolute atomic E-state index is 13.4. The van der Waals surface area contributed by atoms with Gasteiger partial charge in [-0.15, -0.1) is 0 Å². The van der Waals surface area contributed by atoms with Crippen LogP contribution in [0.3, 0.4) is 0 Å². The maximum atomic E-state index is 13.4. The molecule has 0 atom stereocenters. The molecule has 4 nitrogen and oxygen atoms in total. The first kappa shape index (κ1) is 12.8. The third-order valence-corrected chi connectivity index (χ3v) is 3.51. The molecule has 6 heteroatoms. The predicted octanol–water partition coefficient (Wildman–Crippen LogP) is 3.00. The second-order valence-corrected chi connectivity index (χ2v) is 4.76. The van der Waals surface area contributed by atoms with Crippen LogP contribution in [0.5, 0.6) is 0 Å². The Morgan fingerprint density at radius 2 is 2.11 bits per heavy atom. The lowest BCUT2D eigenvalue weighted by Gasteiger charge is -2.08. The van der Waals surface area contributed by atoms with E-state index >= 15 is 0 Å². The normalized spacial score (nSPS) is 10.7. The van der Waals surface area contributed by atoms with Gasteiger partial charge in [-0.2, -0.15) is 5.10 Å². The Morgan fingerprint density at radius 1 is 1.44 bits per heavy atom. The summed E-state index contributed by atoms with van der Waals surface area (Å²) in [6.07, 6.45) is 0. The van der Waals surface area contributed by atoms with Gasteiger partial charge < -0.3 is 5.11 Å². The van der Waals surface area contributed by atoms with Crippen LogP contribution in [-0.4, -0.2) is 20.9 Å². The van der Waals surface area contributed by atoms with Crippen molar-refractivity contribution >= 4 is 21.9 Å². The fraction of sp³-hybridized carbons (Fsp3) is 0.167. The minimum Gasteiger partial charge on any atom is -0.476 e. The van der Waals surface area contributed by atoms with Crippen molar-refractivity contribution in [3.8, 4) is 11.3 Å². The summed E-state index contributed by atoms with van der Waals surface area (Å²) in [6, 6.07) is 4.16.